The quantitative estimate of drug-likeness (QED) is 0.830. The fourth-order valence-corrected chi connectivity index (χ4v) is 5.11. The van der Waals surface area contributed by atoms with E-state index in [9.17, 15) is 8.42 Å². The number of aromatic nitrogens is 2. The molecule has 0 N–H and O–H groups in total. The highest BCUT2D eigenvalue weighted by Crippen LogP contribution is 2.40. The van der Waals surface area contributed by atoms with Crippen LogP contribution in [0.2, 0.25) is 0 Å². The van der Waals surface area contributed by atoms with Crippen LogP contribution >= 0.6 is 0 Å². The summed E-state index contributed by atoms with van der Waals surface area (Å²) in [5.41, 5.74) is 1.39. The molecular weight excluding hydrogens is 300 g/mol. The molecule has 2 aliphatic rings. The number of sulfonamides is 1. The van der Waals surface area contributed by atoms with E-state index in [1.54, 1.807) is 11.2 Å². The Morgan fingerprint density at radius 1 is 1.27 bits per heavy atom. The molecule has 2 fully saturated rings. The van der Waals surface area contributed by atoms with E-state index in [4.69, 9.17) is 0 Å². The standard InChI is InChI=1S/C15H26N4O2S/c1-3-22(20,21)19-8-6-15(13-19)5-4-7-18(12-15)11-14-9-16-17(2)10-14/h9-10H,3-8,11-13H2,1-2H3/t15-/m1/s1. The molecule has 7 heteroatoms. The van der Waals surface area contributed by atoms with Crippen LogP contribution < -0.4 is 0 Å². The first-order valence-electron chi connectivity index (χ1n) is 8.10. The molecule has 0 radical (unpaired) electrons. The minimum atomic E-state index is -3.04. The van der Waals surface area contributed by atoms with Crippen molar-refractivity contribution in [1.29, 1.82) is 0 Å². The molecule has 0 aromatic carbocycles. The van der Waals surface area contributed by atoms with Gasteiger partial charge in [0.15, 0.2) is 0 Å². The number of hydrogen-bond donors (Lipinski definition) is 0. The third kappa shape index (κ3) is 3.21. The molecule has 0 saturated carbocycles. The van der Waals surface area contributed by atoms with E-state index in [0.29, 0.717) is 13.1 Å². The highest BCUT2D eigenvalue weighted by atomic mass is 32.2. The van der Waals surface area contributed by atoms with Crippen LogP contribution in [0.5, 0.6) is 0 Å². The van der Waals surface area contributed by atoms with Gasteiger partial charge in [-0.1, -0.05) is 0 Å². The Labute approximate surface area is 133 Å². The molecule has 1 atom stereocenters. The van der Waals surface area contributed by atoms with E-state index in [-0.39, 0.29) is 11.2 Å². The average Bonchev–Trinajstić information content (AvgIpc) is 3.07. The second-order valence-electron chi connectivity index (χ2n) is 6.82. The van der Waals surface area contributed by atoms with E-state index in [0.717, 1.165) is 38.9 Å². The molecule has 1 spiro atoms. The zero-order valence-corrected chi connectivity index (χ0v) is 14.3. The molecule has 0 amide bonds. The predicted molar refractivity (Wildman–Crippen MR) is 85.8 cm³/mol. The Bertz CT molecular complexity index is 627. The summed E-state index contributed by atoms with van der Waals surface area (Å²) in [6.07, 6.45) is 7.27. The van der Waals surface area contributed by atoms with Crippen LogP contribution in [-0.4, -0.2) is 59.3 Å². The maximum Gasteiger partial charge on any atom is 0.213 e. The van der Waals surface area contributed by atoms with Crippen LogP contribution in [0.1, 0.15) is 31.7 Å². The third-order valence-electron chi connectivity index (χ3n) is 5.07. The molecule has 3 heterocycles. The molecule has 0 unspecified atom stereocenters. The number of aryl methyl sites for hydroxylation is 1. The van der Waals surface area contributed by atoms with Crippen molar-refractivity contribution in [1.82, 2.24) is 19.0 Å². The lowest BCUT2D eigenvalue weighted by Crippen LogP contribution is -2.45. The number of likely N-dealkylation sites (tertiary alicyclic amines) is 1. The van der Waals surface area contributed by atoms with Gasteiger partial charge in [-0.2, -0.15) is 5.10 Å². The van der Waals surface area contributed by atoms with Crippen LogP contribution in [-0.2, 0) is 23.6 Å². The fraction of sp³-hybridized carbons (Fsp3) is 0.800. The number of nitrogens with zero attached hydrogens (tertiary/aromatic N) is 4. The lowest BCUT2D eigenvalue weighted by atomic mass is 9.79. The molecule has 3 rings (SSSR count). The van der Waals surface area contributed by atoms with E-state index in [2.05, 4.69) is 16.2 Å². The van der Waals surface area contributed by atoms with Gasteiger partial charge in [-0.05, 0) is 38.1 Å². The molecule has 2 aliphatic heterocycles. The van der Waals surface area contributed by atoms with Crippen LogP contribution in [0.3, 0.4) is 0 Å². The molecule has 22 heavy (non-hydrogen) atoms. The van der Waals surface area contributed by atoms with Gasteiger partial charge in [0.2, 0.25) is 10.0 Å². The number of hydrogen-bond acceptors (Lipinski definition) is 4. The van der Waals surface area contributed by atoms with Gasteiger partial charge < -0.3 is 0 Å². The second-order valence-corrected chi connectivity index (χ2v) is 9.08. The van der Waals surface area contributed by atoms with Gasteiger partial charge in [-0.15, -0.1) is 0 Å². The molecule has 6 nitrogen and oxygen atoms in total. The van der Waals surface area contributed by atoms with Crippen molar-refractivity contribution in [2.45, 2.75) is 32.7 Å². The average molecular weight is 326 g/mol. The molecular formula is C15H26N4O2S. The highest BCUT2D eigenvalue weighted by Gasteiger charge is 2.44. The summed E-state index contributed by atoms with van der Waals surface area (Å²) in [5, 5.41) is 4.23. The SMILES string of the molecule is CCS(=O)(=O)N1CC[C@@]2(CCCN(Cc3cnn(C)c3)C2)C1. The minimum Gasteiger partial charge on any atom is -0.298 e. The summed E-state index contributed by atoms with van der Waals surface area (Å²) in [4.78, 5) is 2.46. The van der Waals surface area contributed by atoms with Crippen molar-refractivity contribution in [3.63, 3.8) is 0 Å². The van der Waals surface area contributed by atoms with Gasteiger partial charge in [0.1, 0.15) is 0 Å². The van der Waals surface area contributed by atoms with Crippen LogP contribution in [0, 0.1) is 5.41 Å². The smallest absolute Gasteiger partial charge is 0.213 e. The van der Waals surface area contributed by atoms with Gasteiger partial charge in [0.05, 0.1) is 11.9 Å². The second kappa shape index (κ2) is 5.94. The predicted octanol–water partition coefficient (Wildman–Crippen LogP) is 1.06. The zero-order chi connectivity index (χ0) is 15.8. The van der Waals surface area contributed by atoms with Crippen molar-refractivity contribution >= 4 is 10.0 Å². The van der Waals surface area contributed by atoms with E-state index < -0.39 is 10.0 Å². The lowest BCUT2D eigenvalue weighted by Gasteiger charge is -2.40. The molecule has 0 aliphatic carbocycles. The summed E-state index contributed by atoms with van der Waals surface area (Å²) in [6.45, 7) is 6.13. The topological polar surface area (TPSA) is 58.4 Å². The summed E-state index contributed by atoms with van der Waals surface area (Å²) in [6, 6.07) is 0. The third-order valence-corrected chi connectivity index (χ3v) is 6.89. The molecule has 1 aromatic rings. The molecule has 1 aromatic heterocycles. The van der Waals surface area contributed by atoms with Crippen molar-refractivity contribution in [3.8, 4) is 0 Å². The van der Waals surface area contributed by atoms with Crippen molar-refractivity contribution in [2.75, 3.05) is 31.9 Å². The summed E-state index contributed by atoms with van der Waals surface area (Å²) < 4.78 is 27.8. The summed E-state index contributed by atoms with van der Waals surface area (Å²) in [7, 11) is -1.11. The Hall–Kier alpha value is -0.920. The summed E-state index contributed by atoms with van der Waals surface area (Å²) in [5.74, 6) is 0.211. The summed E-state index contributed by atoms with van der Waals surface area (Å²) >= 11 is 0. The Morgan fingerprint density at radius 3 is 2.77 bits per heavy atom. The van der Waals surface area contributed by atoms with Crippen molar-refractivity contribution < 1.29 is 8.42 Å². The monoisotopic (exact) mass is 326 g/mol. The maximum atomic E-state index is 12.1. The number of piperidine rings is 1. The van der Waals surface area contributed by atoms with Gasteiger partial charge in [0.25, 0.3) is 0 Å². The van der Waals surface area contributed by atoms with E-state index in [1.165, 1.54) is 5.56 Å². The fourth-order valence-electron chi connectivity index (χ4n) is 3.90. The highest BCUT2D eigenvalue weighted by molar-refractivity contribution is 7.89. The van der Waals surface area contributed by atoms with Crippen LogP contribution in [0.25, 0.3) is 0 Å². The van der Waals surface area contributed by atoms with E-state index >= 15 is 0 Å². The maximum absolute atomic E-state index is 12.1. The van der Waals surface area contributed by atoms with Crippen LogP contribution in [0.4, 0.5) is 0 Å². The molecule has 2 saturated heterocycles. The Kier molecular flexibility index (Phi) is 4.31. The Balaban J connectivity index is 1.66. The largest absolute Gasteiger partial charge is 0.298 e. The normalized spacial score (nSPS) is 27.7. The minimum absolute atomic E-state index is 0.155. The molecule has 124 valence electrons. The number of rotatable bonds is 4. The first-order valence-corrected chi connectivity index (χ1v) is 9.71. The van der Waals surface area contributed by atoms with Gasteiger partial charge >= 0.3 is 0 Å². The molecule has 0 bridgehead atoms. The van der Waals surface area contributed by atoms with E-state index in [1.807, 2.05) is 17.9 Å². The van der Waals surface area contributed by atoms with Gasteiger partial charge in [-0.25, -0.2) is 12.7 Å². The zero-order valence-electron chi connectivity index (χ0n) is 13.5. The lowest BCUT2D eigenvalue weighted by molar-refractivity contribution is 0.0935. The van der Waals surface area contributed by atoms with Gasteiger partial charge in [-0.3, -0.25) is 9.58 Å². The van der Waals surface area contributed by atoms with Crippen molar-refractivity contribution in [3.05, 3.63) is 18.0 Å². The van der Waals surface area contributed by atoms with Crippen LogP contribution in [0.15, 0.2) is 12.4 Å². The van der Waals surface area contributed by atoms with Gasteiger partial charge in [0, 0.05) is 45.0 Å². The van der Waals surface area contributed by atoms with Crippen molar-refractivity contribution in [2.24, 2.45) is 12.5 Å². The first-order chi connectivity index (χ1) is 10.4. The first kappa shape index (κ1) is 16.0. The Morgan fingerprint density at radius 2 is 2.09 bits per heavy atom.